The molecule has 6 rings (SSSR count). The fraction of sp³-hybridized carbons (Fsp3) is 0.321. The number of carbonyl (C=O) groups excluding carboxylic acids is 1. The number of nitrogens with one attached hydrogen (secondary N) is 3. The number of likely N-dealkylation sites (N-methyl/N-ethyl adjacent to an activating group) is 1. The Morgan fingerprint density at radius 1 is 1.18 bits per heavy atom. The maximum atomic E-state index is 14.7. The van der Waals surface area contributed by atoms with Crippen LogP contribution in [0.1, 0.15) is 30.0 Å². The van der Waals surface area contributed by atoms with Crippen LogP contribution in [0.15, 0.2) is 60.9 Å². The van der Waals surface area contributed by atoms with E-state index in [0.29, 0.717) is 19.7 Å². The molecule has 0 bridgehead atoms. The number of aromatic nitrogens is 3. The molecule has 0 aliphatic carbocycles. The number of H-pyrrole nitrogens is 1. The molecule has 10 heteroatoms. The average Bonchev–Trinajstić information content (AvgIpc) is 3.59. The molecule has 2 unspecified atom stereocenters. The van der Waals surface area contributed by atoms with E-state index in [2.05, 4.69) is 31.9 Å². The summed E-state index contributed by atoms with van der Waals surface area (Å²) in [7, 11) is 1.48. The van der Waals surface area contributed by atoms with E-state index >= 15 is 0 Å². The largest absolute Gasteiger partial charge is 0.358 e. The first kappa shape index (κ1) is 24.6. The number of amides is 1. The molecule has 196 valence electrons. The van der Waals surface area contributed by atoms with Crippen LogP contribution in [0.25, 0.3) is 22.2 Å². The minimum Gasteiger partial charge on any atom is -0.358 e. The SMILES string of the molecule is CNC(=O)C(c1c(F)cccc1F)N1CCC[C@@H](NC2(c3ccc4[nH]nc(-c5ccncc5)c4c3)CO2)C1. The number of pyridine rings is 1. The van der Waals surface area contributed by atoms with Crippen LogP contribution in [0.2, 0.25) is 0 Å². The molecule has 4 heterocycles. The molecule has 38 heavy (non-hydrogen) atoms. The molecule has 2 saturated heterocycles. The first-order chi connectivity index (χ1) is 18.5. The van der Waals surface area contributed by atoms with Crippen LogP contribution in [-0.2, 0) is 15.3 Å². The fourth-order valence-electron chi connectivity index (χ4n) is 5.48. The number of hydrogen-bond donors (Lipinski definition) is 3. The predicted molar refractivity (Wildman–Crippen MR) is 138 cm³/mol. The molecule has 2 fully saturated rings. The number of fused-ring (bicyclic) bond motifs is 1. The number of halogens is 2. The molecule has 0 radical (unpaired) electrons. The molecule has 0 spiro atoms. The van der Waals surface area contributed by atoms with Crippen molar-refractivity contribution in [1.29, 1.82) is 0 Å². The predicted octanol–water partition coefficient (Wildman–Crippen LogP) is 3.63. The second-order valence-electron chi connectivity index (χ2n) is 9.81. The first-order valence-corrected chi connectivity index (χ1v) is 12.7. The number of ether oxygens (including phenoxy) is 1. The molecule has 2 aliphatic heterocycles. The van der Waals surface area contributed by atoms with Crippen LogP contribution in [0.5, 0.6) is 0 Å². The lowest BCUT2D eigenvalue weighted by Crippen LogP contribution is -2.52. The van der Waals surface area contributed by atoms with E-state index in [1.807, 2.05) is 29.2 Å². The Kier molecular flexibility index (Phi) is 6.38. The number of rotatable bonds is 7. The van der Waals surface area contributed by atoms with Crippen molar-refractivity contribution in [2.45, 2.75) is 30.7 Å². The molecule has 1 amide bonds. The van der Waals surface area contributed by atoms with Gasteiger partial charge in [-0.1, -0.05) is 12.1 Å². The van der Waals surface area contributed by atoms with Crippen molar-refractivity contribution in [2.75, 3.05) is 26.7 Å². The van der Waals surface area contributed by atoms with Crippen LogP contribution in [0.3, 0.4) is 0 Å². The minimum absolute atomic E-state index is 0.0482. The van der Waals surface area contributed by atoms with E-state index in [-0.39, 0.29) is 11.6 Å². The maximum absolute atomic E-state index is 14.7. The second kappa shape index (κ2) is 9.86. The number of carbonyl (C=O) groups is 1. The molecule has 4 aromatic rings. The Hall–Kier alpha value is -3.73. The molecule has 2 aromatic carbocycles. The number of likely N-dealkylation sites (tertiary alicyclic amines) is 1. The lowest BCUT2D eigenvalue weighted by molar-refractivity contribution is -0.127. The summed E-state index contributed by atoms with van der Waals surface area (Å²) in [5.74, 6) is -1.90. The third kappa shape index (κ3) is 4.44. The maximum Gasteiger partial charge on any atom is 0.241 e. The van der Waals surface area contributed by atoms with E-state index in [0.717, 1.165) is 40.6 Å². The van der Waals surface area contributed by atoms with Gasteiger partial charge >= 0.3 is 0 Å². The average molecular weight is 519 g/mol. The van der Waals surface area contributed by atoms with Crippen molar-refractivity contribution in [3.63, 3.8) is 0 Å². The summed E-state index contributed by atoms with van der Waals surface area (Å²) in [5, 5.41) is 14.8. The molecule has 3 atom stereocenters. The Morgan fingerprint density at radius 3 is 2.66 bits per heavy atom. The van der Waals surface area contributed by atoms with Crippen molar-refractivity contribution in [3.05, 3.63) is 83.7 Å². The van der Waals surface area contributed by atoms with E-state index < -0.39 is 29.3 Å². The zero-order valence-electron chi connectivity index (χ0n) is 20.9. The third-order valence-corrected chi connectivity index (χ3v) is 7.44. The summed E-state index contributed by atoms with van der Waals surface area (Å²) in [6, 6.07) is 12.5. The number of hydrogen-bond acceptors (Lipinski definition) is 6. The molecule has 3 N–H and O–H groups in total. The number of epoxide rings is 1. The van der Waals surface area contributed by atoms with E-state index in [1.54, 1.807) is 12.4 Å². The number of nitrogens with zero attached hydrogens (tertiary/aromatic N) is 3. The van der Waals surface area contributed by atoms with Crippen molar-refractivity contribution < 1.29 is 18.3 Å². The van der Waals surface area contributed by atoms with Crippen molar-refractivity contribution in [3.8, 4) is 11.3 Å². The molecule has 2 aromatic heterocycles. The van der Waals surface area contributed by atoms with E-state index in [1.165, 1.54) is 25.2 Å². The summed E-state index contributed by atoms with van der Waals surface area (Å²) >= 11 is 0. The standard InChI is InChI=1S/C28H28F2N6O2/c1-31-27(37)26(24-21(29)5-2-6-22(24)30)36-13-3-4-19(15-36)33-28(16-38-28)18-7-8-23-20(14-18)25(35-34-23)17-9-11-32-12-10-17/h2,5-12,14,19,26,33H,3-4,13,15-16H2,1H3,(H,31,37)(H,34,35)/t19-,26?,28?/m1/s1. The monoisotopic (exact) mass is 518 g/mol. The van der Waals surface area contributed by atoms with Gasteiger partial charge in [-0.3, -0.25) is 25.1 Å². The summed E-state index contributed by atoms with van der Waals surface area (Å²) < 4.78 is 35.4. The summed E-state index contributed by atoms with van der Waals surface area (Å²) in [6.45, 7) is 1.49. The molecule has 2 aliphatic rings. The van der Waals surface area contributed by atoms with Gasteiger partial charge in [0, 0.05) is 48.5 Å². The number of piperidine rings is 1. The Bertz CT molecular complexity index is 1450. The van der Waals surface area contributed by atoms with Crippen LogP contribution >= 0.6 is 0 Å². The van der Waals surface area contributed by atoms with Gasteiger partial charge in [-0.2, -0.15) is 5.10 Å². The highest BCUT2D eigenvalue weighted by molar-refractivity contribution is 5.93. The first-order valence-electron chi connectivity index (χ1n) is 12.7. The van der Waals surface area contributed by atoms with Gasteiger partial charge in [-0.25, -0.2) is 8.78 Å². The Morgan fingerprint density at radius 2 is 1.95 bits per heavy atom. The summed E-state index contributed by atoms with van der Waals surface area (Å²) in [5.41, 5.74) is 2.80. The Balaban J connectivity index is 1.26. The third-order valence-electron chi connectivity index (χ3n) is 7.44. The second-order valence-corrected chi connectivity index (χ2v) is 9.81. The lowest BCUT2D eigenvalue weighted by Gasteiger charge is -2.39. The Labute approximate surface area is 218 Å². The van der Waals surface area contributed by atoms with Crippen LogP contribution in [-0.4, -0.2) is 58.8 Å². The van der Waals surface area contributed by atoms with Crippen molar-refractivity contribution >= 4 is 16.8 Å². The van der Waals surface area contributed by atoms with Crippen LogP contribution in [0, 0.1) is 11.6 Å². The van der Waals surface area contributed by atoms with Gasteiger partial charge in [0.15, 0.2) is 5.72 Å². The minimum atomic E-state index is -1.06. The van der Waals surface area contributed by atoms with Gasteiger partial charge in [-0.05, 0) is 55.8 Å². The summed E-state index contributed by atoms with van der Waals surface area (Å²) in [4.78, 5) is 18.8. The summed E-state index contributed by atoms with van der Waals surface area (Å²) in [6.07, 6.45) is 5.09. The highest BCUT2D eigenvalue weighted by atomic mass is 19.1. The van der Waals surface area contributed by atoms with Gasteiger partial charge in [0.25, 0.3) is 0 Å². The van der Waals surface area contributed by atoms with Crippen LogP contribution in [0.4, 0.5) is 8.78 Å². The highest BCUT2D eigenvalue weighted by Gasteiger charge is 2.49. The van der Waals surface area contributed by atoms with Crippen LogP contribution < -0.4 is 10.6 Å². The normalized spacial score (nSPS) is 22.3. The zero-order chi connectivity index (χ0) is 26.3. The lowest BCUT2D eigenvalue weighted by atomic mass is 9.96. The van der Waals surface area contributed by atoms with Crippen molar-refractivity contribution in [1.82, 2.24) is 30.7 Å². The van der Waals surface area contributed by atoms with Gasteiger partial charge in [0.2, 0.25) is 5.91 Å². The molecule has 0 saturated carbocycles. The molecule has 8 nitrogen and oxygen atoms in total. The van der Waals surface area contributed by atoms with Crippen molar-refractivity contribution in [2.24, 2.45) is 0 Å². The topological polar surface area (TPSA) is 98.5 Å². The smallest absolute Gasteiger partial charge is 0.241 e. The highest BCUT2D eigenvalue weighted by Crippen LogP contribution is 2.40. The van der Waals surface area contributed by atoms with Gasteiger partial charge < -0.3 is 10.1 Å². The molecular formula is C28H28F2N6O2. The number of benzene rings is 2. The number of aromatic amines is 1. The quantitative estimate of drug-likeness (QED) is 0.323. The van der Waals surface area contributed by atoms with Gasteiger partial charge in [0.1, 0.15) is 23.4 Å². The van der Waals surface area contributed by atoms with E-state index in [9.17, 15) is 13.6 Å². The van der Waals surface area contributed by atoms with E-state index in [4.69, 9.17) is 4.74 Å². The van der Waals surface area contributed by atoms with Gasteiger partial charge in [-0.15, -0.1) is 0 Å². The van der Waals surface area contributed by atoms with Gasteiger partial charge in [0.05, 0.1) is 17.7 Å². The zero-order valence-corrected chi connectivity index (χ0v) is 20.9. The molecular weight excluding hydrogens is 490 g/mol. The fourth-order valence-corrected chi connectivity index (χ4v) is 5.48.